The van der Waals surface area contributed by atoms with Crippen molar-refractivity contribution in [3.63, 3.8) is 0 Å². The number of aryl methyl sites for hydroxylation is 1. The quantitative estimate of drug-likeness (QED) is 0.387. The number of anilines is 2. The van der Waals surface area contributed by atoms with Gasteiger partial charge in [0, 0.05) is 28.0 Å². The molecule has 0 saturated heterocycles. The van der Waals surface area contributed by atoms with E-state index in [0.29, 0.717) is 12.2 Å². The molecule has 1 heterocycles. The van der Waals surface area contributed by atoms with Crippen LogP contribution >= 0.6 is 11.3 Å². The Morgan fingerprint density at radius 2 is 1.86 bits per heavy atom. The minimum absolute atomic E-state index is 0.255. The molecule has 2 aromatic carbocycles. The Balaban J connectivity index is 1.66. The molecule has 0 spiro atoms. The van der Waals surface area contributed by atoms with Gasteiger partial charge in [-0.3, -0.25) is 0 Å². The second-order valence-corrected chi connectivity index (χ2v) is 8.03. The average Bonchev–Trinajstić information content (AvgIpc) is 3.12. The molecule has 29 heavy (non-hydrogen) atoms. The van der Waals surface area contributed by atoms with Crippen molar-refractivity contribution < 1.29 is 9.53 Å². The van der Waals surface area contributed by atoms with Crippen LogP contribution in [0.3, 0.4) is 0 Å². The zero-order valence-electron chi connectivity index (χ0n) is 16.5. The highest BCUT2D eigenvalue weighted by atomic mass is 32.1. The number of hydrogen-bond acceptors (Lipinski definition) is 5. The van der Waals surface area contributed by atoms with E-state index in [-0.39, 0.29) is 5.97 Å². The Morgan fingerprint density at radius 1 is 1.10 bits per heavy atom. The van der Waals surface area contributed by atoms with Gasteiger partial charge in [-0.2, -0.15) is 0 Å². The molecule has 0 radical (unpaired) electrons. The first-order chi connectivity index (χ1) is 14.3. The maximum Gasteiger partial charge on any atom is 0.341 e. The number of hydrogen-bond donors (Lipinski definition) is 1. The molecule has 0 saturated carbocycles. The molecule has 4 nitrogen and oxygen atoms in total. The third kappa shape index (κ3) is 4.40. The predicted octanol–water partition coefficient (Wildman–Crippen LogP) is 6.30. The summed E-state index contributed by atoms with van der Waals surface area (Å²) in [5.74, 6) is -0.255. The number of carbonyl (C=O) groups is 1. The lowest BCUT2D eigenvalue weighted by Gasteiger charge is -2.11. The van der Waals surface area contributed by atoms with Crippen LogP contribution in [0.25, 0.3) is 0 Å². The number of para-hydroxylation sites is 2. The standard InChI is InChI=1S/C24H24N2O2S/c1-2-28-24(27)22-19-13-7-9-15-21(19)29-23(22)25-16-17-10-6-8-14-20(17)26-18-11-4-3-5-12-18/h3-6,8,10-12,14,16,26H,2,7,9,13,15H2,1H3/b25-16+. The number of carbonyl (C=O) groups excluding carboxylic acids is 1. The summed E-state index contributed by atoms with van der Waals surface area (Å²) >= 11 is 1.63. The third-order valence-electron chi connectivity index (χ3n) is 4.97. The van der Waals surface area contributed by atoms with E-state index in [1.54, 1.807) is 11.3 Å². The zero-order chi connectivity index (χ0) is 20.1. The molecule has 148 valence electrons. The minimum Gasteiger partial charge on any atom is -0.462 e. The second-order valence-electron chi connectivity index (χ2n) is 6.95. The van der Waals surface area contributed by atoms with Crippen molar-refractivity contribution in [2.75, 3.05) is 11.9 Å². The molecule has 0 aliphatic heterocycles. The Kier molecular flexibility index (Phi) is 6.06. The lowest BCUT2D eigenvalue weighted by molar-refractivity contribution is 0.0526. The molecular formula is C24H24N2O2S. The smallest absolute Gasteiger partial charge is 0.341 e. The summed E-state index contributed by atoms with van der Waals surface area (Å²) in [4.78, 5) is 18.6. The summed E-state index contributed by atoms with van der Waals surface area (Å²) in [6.45, 7) is 2.21. The Hall–Kier alpha value is -2.92. The number of nitrogens with zero attached hydrogens (tertiary/aromatic N) is 1. The molecule has 0 amide bonds. The SMILES string of the molecule is CCOC(=O)c1c(/N=C/c2ccccc2Nc2ccccc2)sc2c1CCCC2. The molecule has 0 bridgehead atoms. The number of esters is 1. The molecule has 3 aromatic rings. The van der Waals surface area contributed by atoms with Gasteiger partial charge in [-0.15, -0.1) is 11.3 Å². The fourth-order valence-electron chi connectivity index (χ4n) is 3.58. The van der Waals surface area contributed by atoms with E-state index in [4.69, 9.17) is 9.73 Å². The second kappa shape index (κ2) is 9.05. The van der Waals surface area contributed by atoms with Gasteiger partial charge in [-0.05, 0) is 56.4 Å². The number of fused-ring (bicyclic) bond motifs is 1. The maximum absolute atomic E-state index is 12.6. The van der Waals surface area contributed by atoms with E-state index in [1.165, 1.54) is 11.3 Å². The summed E-state index contributed by atoms with van der Waals surface area (Å²) in [7, 11) is 0. The van der Waals surface area contributed by atoms with Crippen LogP contribution in [0.1, 0.15) is 46.1 Å². The van der Waals surface area contributed by atoms with Gasteiger partial charge in [0.05, 0.1) is 12.2 Å². The van der Waals surface area contributed by atoms with Crippen molar-refractivity contribution in [2.24, 2.45) is 4.99 Å². The largest absolute Gasteiger partial charge is 0.462 e. The fourth-order valence-corrected chi connectivity index (χ4v) is 4.81. The summed E-state index contributed by atoms with van der Waals surface area (Å²) in [5, 5.41) is 4.19. The molecule has 1 aliphatic carbocycles. The van der Waals surface area contributed by atoms with Crippen molar-refractivity contribution in [3.05, 3.63) is 76.2 Å². The summed E-state index contributed by atoms with van der Waals surface area (Å²) in [6.07, 6.45) is 6.08. The van der Waals surface area contributed by atoms with E-state index in [1.807, 2.05) is 67.7 Å². The molecule has 4 rings (SSSR count). The van der Waals surface area contributed by atoms with Gasteiger partial charge in [0.25, 0.3) is 0 Å². The summed E-state index contributed by atoms with van der Waals surface area (Å²) in [5.41, 5.74) is 4.77. The topological polar surface area (TPSA) is 50.7 Å². The summed E-state index contributed by atoms with van der Waals surface area (Å²) < 4.78 is 5.33. The number of ether oxygens (including phenoxy) is 1. The highest BCUT2D eigenvalue weighted by molar-refractivity contribution is 7.16. The van der Waals surface area contributed by atoms with E-state index < -0.39 is 0 Å². The van der Waals surface area contributed by atoms with Gasteiger partial charge in [0.2, 0.25) is 0 Å². The fraction of sp³-hybridized carbons (Fsp3) is 0.250. The van der Waals surface area contributed by atoms with Gasteiger partial charge in [0.1, 0.15) is 5.00 Å². The van der Waals surface area contributed by atoms with Gasteiger partial charge in [-0.1, -0.05) is 36.4 Å². The van der Waals surface area contributed by atoms with Crippen LogP contribution in [0.2, 0.25) is 0 Å². The Labute approximate surface area is 175 Å². The van der Waals surface area contributed by atoms with Crippen LogP contribution in [-0.2, 0) is 17.6 Å². The van der Waals surface area contributed by atoms with Crippen LogP contribution in [0.15, 0.2) is 59.6 Å². The Bertz CT molecular complexity index is 1020. The first-order valence-corrected chi connectivity index (χ1v) is 10.8. The molecule has 0 atom stereocenters. The molecule has 1 aliphatic rings. The third-order valence-corrected chi connectivity index (χ3v) is 6.17. The lowest BCUT2D eigenvalue weighted by Crippen LogP contribution is -2.09. The minimum atomic E-state index is -0.255. The predicted molar refractivity (Wildman–Crippen MR) is 120 cm³/mol. The average molecular weight is 405 g/mol. The monoisotopic (exact) mass is 404 g/mol. The van der Waals surface area contributed by atoms with Crippen molar-refractivity contribution in [2.45, 2.75) is 32.6 Å². The van der Waals surface area contributed by atoms with Crippen LogP contribution in [0, 0.1) is 0 Å². The Morgan fingerprint density at radius 3 is 2.69 bits per heavy atom. The molecule has 5 heteroatoms. The van der Waals surface area contributed by atoms with Crippen molar-refractivity contribution in [1.29, 1.82) is 0 Å². The van der Waals surface area contributed by atoms with Crippen LogP contribution in [0.5, 0.6) is 0 Å². The number of aliphatic imine (C=N–C) groups is 1. The van der Waals surface area contributed by atoms with Gasteiger partial charge < -0.3 is 10.1 Å². The molecule has 1 aromatic heterocycles. The lowest BCUT2D eigenvalue weighted by atomic mass is 9.95. The number of nitrogens with one attached hydrogen (secondary N) is 1. The van der Waals surface area contributed by atoms with E-state index in [2.05, 4.69) is 5.32 Å². The molecule has 0 unspecified atom stereocenters. The van der Waals surface area contributed by atoms with Crippen molar-refractivity contribution >= 4 is 39.9 Å². The highest BCUT2D eigenvalue weighted by Gasteiger charge is 2.26. The number of benzene rings is 2. The normalized spacial score (nSPS) is 13.3. The molecule has 0 fully saturated rings. The van der Waals surface area contributed by atoms with Gasteiger partial charge in [-0.25, -0.2) is 9.79 Å². The van der Waals surface area contributed by atoms with E-state index >= 15 is 0 Å². The number of rotatable bonds is 6. The van der Waals surface area contributed by atoms with Crippen molar-refractivity contribution in [1.82, 2.24) is 0 Å². The molecule has 1 N–H and O–H groups in total. The van der Waals surface area contributed by atoms with Gasteiger partial charge in [0.15, 0.2) is 0 Å². The van der Waals surface area contributed by atoms with E-state index in [0.717, 1.165) is 46.8 Å². The van der Waals surface area contributed by atoms with Crippen LogP contribution < -0.4 is 5.32 Å². The first-order valence-electron chi connectivity index (χ1n) is 10.0. The number of thiophene rings is 1. The van der Waals surface area contributed by atoms with E-state index in [9.17, 15) is 4.79 Å². The first kappa shape index (κ1) is 19.4. The zero-order valence-corrected chi connectivity index (χ0v) is 17.3. The van der Waals surface area contributed by atoms with Gasteiger partial charge >= 0.3 is 5.97 Å². The van der Waals surface area contributed by atoms with Crippen LogP contribution in [0.4, 0.5) is 16.4 Å². The highest BCUT2D eigenvalue weighted by Crippen LogP contribution is 2.40. The van der Waals surface area contributed by atoms with Crippen LogP contribution in [-0.4, -0.2) is 18.8 Å². The molecular weight excluding hydrogens is 380 g/mol. The summed E-state index contributed by atoms with van der Waals surface area (Å²) in [6, 6.07) is 18.1. The van der Waals surface area contributed by atoms with Crippen molar-refractivity contribution in [3.8, 4) is 0 Å². The maximum atomic E-state index is 12.6.